The molecular formula is C7H14N2O. The van der Waals surface area contributed by atoms with Gasteiger partial charge in [-0.25, -0.2) is 0 Å². The summed E-state index contributed by atoms with van der Waals surface area (Å²) in [4.78, 5) is 10.7. The molecule has 1 unspecified atom stereocenters. The highest BCUT2D eigenvalue weighted by Crippen LogP contribution is 2.11. The summed E-state index contributed by atoms with van der Waals surface area (Å²) in [7, 11) is 1.93. The fraction of sp³-hybridized carbons (Fsp3) is 0.857. The Hall–Kier alpha value is -0.570. The maximum Gasteiger partial charge on any atom is 0.220 e. The summed E-state index contributed by atoms with van der Waals surface area (Å²) in [6, 6.07) is 0. The first-order chi connectivity index (χ1) is 4.83. The summed E-state index contributed by atoms with van der Waals surface area (Å²) < 4.78 is 0. The van der Waals surface area contributed by atoms with E-state index >= 15 is 0 Å². The van der Waals surface area contributed by atoms with Crippen LogP contribution in [0.1, 0.15) is 12.8 Å². The number of nitrogens with one attached hydrogen (secondary N) is 2. The van der Waals surface area contributed by atoms with E-state index in [9.17, 15) is 4.79 Å². The van der Waals surface area contributed by atoms with Gasteiger partial charge >= 0.3 is 0 Å². The molecule has 1 atom stereocenters. The summed E-state index contributed by atoms with van der Waals surface area (Å²) in [6.07, 6.45) is 1.83. The molecular weight excluding hydrogens is 128 g/mol. The Labute approximate surface area is 61.2 Å². The minimum atomic E-state index is 0.209. The number of rotatable bonds is 3. The van der Waals surface area contributed by atoms with Crippen LogP contribution in [0.3, 0.4) is 0 Å². The van der Waals surface area contributed by atoms with Crippen molar-refractivity contribution >= 4 is 5.91 Å². The zero-order chi connectivity index (χ0) is 7.40. The van der Waals surface area contributed by atoms with Gasteiger partial charge in [0, 0.05) is 13.0 Å². The van der Waals surface area contributed by atoms with E-state index < -0.39 is 0 Å². The predicted molar refractivity (Wildman–Crippen MR) is 39.7 cm³/mol. The molecule has 3 heteroatoms. The van der Waals surface area contributed by atoms with Gasteiger partial charge in [-0.05, 0) is 25.9 Å². The van der Waals surface area contributed by atoms with E-state index in [0.29, 0.717) is 5.92 Å². The topological polar surface area (TPSA) is 41.1 Å². The Morgan fingerprint density at radius 2 is 2.60 bits per heavy atom. The van der Waals surface area contributed by atoms with Crippen LogP contribution in [0.2, 0.25) is 0 Å². The standard InChI is InChI=1S/C7H14N2O/c1-8-3-2-6-4-7(10)9-5-6/h6,8H,2-5H2,1H3,(H,9,10). The summed E-state index contributed by atoms with van der Waals surface area (Å²) >= 11 is 0. The Morgan fingerprint density at radius 1 is 1.80 bits per heavy atom. The van der Waals surface area contributed by atoms with Crippen molar-refractivity contribution in [3.8, 4) is 0 Å². The maximum absolute atomic E-state index is 10.7. The lowest BCUT2D eigenvalue weighted by Crippen LogP contribution is -2.16. The quantitative estimate of drug-likeness (QED) is 0.569. The number of carbonyl (C=O) groups is 1. The zero-order valence-electron chi connectivity index (χ0n) is 6.31. The molecule has 0 aromatic heterocycles. The minimum Gasteiger partial charge on any atom is -0.356 e. The summed E-state index contributed by atoms with van der Waals surface area (Å²) in [5.74, 6) is 0.779. The highest BCUT2D eigenvalue weighted by Gasteiger charge is 2.19. The third-order valence-corrected chi connectivity index (χ3v) is 1.86. The Balaban J connectivity index is 2.12. The average molecular weight is 142 g/mol. The summed E-state index contributed by atoms with van der Waals surface area (Å²) in [5.41, 5.74) is 0. The Morgan fingerprint density at radius 3 is 3.10 bits per heavy atom. The fourth-order valence-electron chi connectivity index (χ4n) is 1.22. The predicted octanol–water partition coefficient (Wildman–Crippen LogP) is -0.268. The maximum atomic E-state index is 10.7. The molecule has 3 nitrogen and oxygen atoms in total. The first-order valence-corrected chi connectivity index (χ1v) is 3.74. The SMILES string of the molecule is CNCCC1CNC(=O)C1. The minimum absolute atomic E-state index is 0.209. The Bertz CT molecular complexity index is 125. The molecule has 0 aromatic carbocycles. The van der Waals surface area contributed by atoms with Crippen LogP contribution in [0.25, 0.3) is 0 Å². The molecule has 1 heterocycles. The highest BCUT2D eigenvalue weighted by molar-refractivity contribution is 5.78. The van der Waals surface area contributed by atoms with Crippen LogP contribution in [-0.2, 0) is 4.79 Å². The lowest BCUT2D eigenvalue weighted by Gasteiger charge is -2.04. The molecule has 10 heavy (non-hydrogen) atoms. The largest absolute Gasteiger partial charge is 0.356 e. The van der Waals surface area contributed by atoms with Crippen molar-refractivity contribution in [3.63, 3.8) is 0 Å². The van der Waals surface area contributed by atoms with E-state index in [2.05, 4.69) is 10.6 Å². The van der Waals surface area contributed by atoms with Crippen molar-refractivity contribution in [2.45, 2.75) is 12.8 Å². The van der Waals surface area contributed by atoms with Gasteiger partial charge in [0.15, 0.2) is 0 Å². The normalized spacial score (nSPS) is 24.9. The van der Waals surface area contributed by atoms with E-state index in [4.69, 9.17) is 0 Å². The van der Waals surface area contributed by atoms with Crippen molar-refractivity contribution in [1.82, 2.24) is 10.6 Å². The van der Waals surface area contributed by atoms with Gasteiger partial charge in [0.1, 0.15) is 0 Å². The van der Waals surface area contributed by atoms with Gasteiger partial charge in [-0.2, -0.15) is 0 Å². The second-order valence-electron chi connectivity index (χ2n) is 2.77. The van der Waals surface area contributed by atoms with Gasteiger partial charge in [-0.1, -0.05) is 0 Å². The molecule has 0 bridgehead atoms. The van der Waals surface area contributed by atoms with Crippen LogP contribution in [-0.4, -0.2) is 26.0 Å². The monoisotopic (exact) mass is 142 g/mol. The summed E-state index contributed by atoms with van der Waals surface area (Å²) in [5, 5.41) is 5.88. The molecule has 1 rings (SSSR count). The highest BCUT2D eigenvalue weighted by atomic mass is 16.1. The van der Waals surface area contributed by atoms with Crippen molar-refractivity contribution in [3.05, 3.63) is 0 Å². The van der Waals surface area contributed by atoms with E-state index in [1.165, 1.54) is 0 Å². The number of hydrogen-bond acceptors (Lipinski definition) is 2. The zero-order valence-corrected chi connectivity index (χ0v) is 6.31. The third kappa shape index (κ3) is 1.99. The van der Waals surface area contributed by atoms with Crippen molar-refractivity contribution in [2.75, 3.05) is 20.1 Å². The van der Waals surface area contributed by atoms with Crippen molar-refractivity contribution in [2.24, 2.45) is 5.92 Å². The second kappa shape index (κ2) is 3.56. The van der Waals surface area contributed by atoms with Crippen LogP contribution in [0.4, 0.5) is 0 Å². The van der Waals surface area contributed by atoms with Gasteiger partial charge < -0.3 is 10.6 Å². The molecule has 2 N–H and O–H groups in total. The second-order valence-corrected chi connectivity index (χ2v) is 2.77. The van der Waals surface area contributed by atoms with Gasteiger partial charge in [0.25, 0.3) is 0 Å². The third-order valence-electron chi connectivity index (χ3n) is 1.86. The Kier molecular flexibility index (Phi) is 2.68. The van der Waals surface area contributed by atoms with E-state index in [1.807, 2.05) is 7.05 Å². The summed E-state index contributed by atoms with van der Waals surface area (Å²) in [6.45, 7) is 1.89. The van der Waals surface area contributed by atoms with E-state index in [-0.39, 0.29) is 5.91 Å². The molecule has 1 fully saturated rings. The van der Waals surface area contributed by atoms with Gasteiger partial charge in [-0.3, -0.25) is 4.79 Å². The van der Waals surface area contributed by atoms with E-state index in [0.717, 1.165) is 25.9 Å². The van der Waals surface area contributed by atoms with Crippen LogP contribution < -0.4 is 10.6 Å². The molecule has 1 aliphatic heterocycles. The first kappa shape index (κ1) is 7.54. The van der Waals surface area contributed by atoms with Gasteiger partial charge in [-0.15, -0.1) is 0 Å². The first-order valence-electron chi connectivity index (χ1n) is 3.74. The van der Waals surface area contributed by atoms with Gasteiger partial charge in [0.05, 0.1) is 0 Å². The molecule has 0 aromatic rings. The molecule has 0 saturated carbocycles. The van der Waals surface area contributed by atoms with E-state index in [1.54, 1.807) is 0 Å². The molecule has 0 spiro atoms. The molecule has 1 saturated heterocycles. The molecule has 1 aliphatic rings. The van der Waals surface area contributed by atoms with Crippen molar-refractivity contribution in [1.29, 1.82) is 0 Å². The molecule has 0 radical (unpaired) electrons. The molecule has 1 amide bonds. The molecule has 58 valence electrons. The van der Waals surface area contributed by atoms with Crippen molar-refractivity contribution < 1.29 is 4.79 Å². The van der Waals surface area contributed by atoms with Crippen LogP contribution in [0, 0.1) is 5.92 Å². The van der Waals surface area contributed by atoms with Gasteiger partial charge in [0.2, 0.25) is 5.91 Å². The lowest BCUT2D eigenvalue weighted by molar-refractivity contribution is -0.119. The fourth-order valence-corrected chi connectivity index (χ4v) is 1.22. The smallest absolute Gasteiger partial charge is 0.220 e. The lowest BCUT2D eigenvalue weighted by atomic mass is 10.1. The number of hydrogen-bond donors (Lipinski definition) is 2. The average Bonchev–Trinajstić information content (AvgIpc) is 2.31. The molecule has 0 aliphatic carbocycles. The van der Waals surface area contributed by atoms with Crippen LogP contribution in [0.5, 0.6) is 0 Å². The number of amides is 1. The number of carbonyl (C=O) groups excluding carboxylic acids is 1. The van der Waals surface area contributed by atoms with Crippen LogP contribution in [0.15, 0.2) is 0 Å². The van der Waals surface area contributed by atoms with Crippen LogP contribution >= 0.6 is 0 Å².